The van der Waals surface area contributed by atoms with E-state index in [2.05, 4.69) is 10.3 Å². The maximum atomic E-state index is 12.8. The summed E-state index contributed by atoms with van der Waals surface area (Å²) in [7, 11) is 0. The summed E-state index contributed by atoms with van der Waals surface area (Å²) in [5.41, 5.74) is 4.90. The van der Waals surface area contributed by atoms with E-state index >= 15 is 0 Å². The van der Waals surface area contributed by atoms with Gasteiger partial charge in [0.1, 0.15) is 5.82 Å². The second kappa shape index (κ2) is 5.03. The van der Waals surface area contributed by atoms with Crippen LogP contribution < -0.4 is 11.1 Å². The molecule has 0 spiro atoms. The summed E-state index contributed by atoms with van der Waals surface area (Å²) in [6, 6.07) is 4.24. The van der Waals surface area contributed by atoms with E-state index in [0.717, 1.165) is 0 Å². The third-order valence-electron chi connectivity index (χ3n) is 2.74. The van der Waals surface area contributed by atoms with Gasteiger partial charge in [-0.25, -0.2) is 4.98 Å². The number of pyridine rings is 1. The van der Waals surface area contributed by atoms with Crippen LogP contribution in [-0.2, 0) is 4.79 Å². The highest BCUT2D eigenvalue weighted by molar-refractivity contribution is 5.94. The molecule has 1 aromatic rings. The van der Waals surface area contributed by atoms with Gasteiger partial charge in [0.05, 0.1) is 5.41 Å². The second-order valence-electron chi connectivity index (χ2n) is 3.92. The highest BCUT2D eigenvalue weighted by Gasteiger charge is 2.29. The van der Waals surface area contributed by atoms with Crippen LogP contribution in [-0.4, -0.2) is 17.4 Å². The molecule has 0 radical (unpaired) electrons. The molecule has 0 fully saturated rings. The number of amides is 1. The molecule has 0 aliphatic carbocycles. The number of hydrogen-bond donors (Lipinski definition) is 2. The highest BCUT2D eigenvalue weighted by atomic mass is 19.1. The van der Waals surface area contributed by atoms with Crippen LogP contribution in [0.5, 0.6) is 0 Å². The number of nitrogens with two attached hydrogens (primary N) is 1. The van der Waals surface area contributed by atoms with Crippen LogP contribution in [0.1, 0.15) is 20.3 Å². The lowest BCUT2D eigenvalue weighted by molar-refractivity contribution is -0.124. The van der Waals surface area contributed by atoms with Crippen LogP contribution in [0.3, 0.4) is 0 Å². The van der Waals surface area contributed by atoms with Crippen molar-refractivity contribution in [1.82, 2.24) is 4.98 Å². The first-order valence-corrected chi connectivity index (χ1v) is 5.16. The zero-order valence-electron chi connectivity index (χ0n) is 9.46. The molecule has 1 atom stereocenters. The van der Waals surface area contributed by atoms with Crippen LogP contribution >= 0.6 is 0 Å². The molecule has 0 aliphatic rings. The fraction of sp³-hybridized carbons (Fsp3) is 0.455. The maximum Gasteiger partial charge on any atom is 0.232 e. The Labute approximate surface area is 94.1 Å². The topological polar surface area (TPSA) is 68.0 Å². The minimum atomic E-state index is -0.645. The van der Waals surface area contributed by atoms with Crippen molar-refractivity contribution in [2.24, 2.45) is 11.1 Å². The largest absolute Gasteiger partial charge is 0.329 e. The smallest absolute Gasteiger partial charge is 0.232 e. The Morgan fingerprint density at radius 3 is 2.81 bits per heavy atom. The number of carbonyl (C=O) groups is 1. The molecule has 1 rings (SSSR count). The van der Waals surface area contributed by atoms with Gasteiger partial charge in [0.15, 0.2) is 0 Å². The third-order valence-corrected chi connectivity index (χ3v) is 2.74. The summed E-state index contributed by atoms with van der Waals surface area (Å²) in [6.07, 6.45) is 0.616. The van der Waals surface area contributed by atoms with Crippen LogP contribution in [0.4, 0.5) is 10.2 Å². The standard InChI is InChI=1S/C11H16FN3O/c1-3-11(2,7-13)10(16)15-9-6-4-5-8(12)14-9/h4-6H,3,7,13H2,1-2H3,(H,14,15,16). The molecule has 0 saturated carbocycles. The van der Waals surface area contributed by atoms with Crippen molar-refractivity contribution >= 4 is 11.7 Å². The Morgan fingerprint density at radius 2 is 2.31 bits per heavy atom. The quantitative estimate of drug-likeness (QED) is 0.764. The molecule has 0 aliphatic heterocycles. The lowest BCUT2D eigenvalue weighted by atomic mass is 9.87. The third kappa shape index (κ3) is 2.76. The van der Waals surface area contributed by atoms with Gasteiger partial charge in [-0.3, -0.25) is 4.79 Å². The molecule has 1 heterocycles. The molecule has 4 nitrogen and oxygen atoms in total. The second-order valence-corrected chi connectivity index (χ2v) is 3.92. The number of nitrogens with zero attached hydrogens (tertiary/aromatic N) is 1. The lowest BCUT2D eigenvalue weighted by Gasteiger charge is -2.24. The zero-order chi connectivity index (χ0) is 12.2. The van der Waals surface area contributed by atoms with Gasteiger partial charge < -0.3 is 11.1 Å². The van der Waals surface area contributed by atoms with Gasteiger partial charge in [-0.1, -0.05) is 13.0 Å². The molecule has 1 aromatic heterocycles. The van der Waals surface area contributed by atoms with E-state index in [4.69, 9.17) is 5.73 Å². The average Bonchev–Trinajstić information content (AvgIpc) is 2.28. The van der Waals surface area contributed by atoms with Crippen molar-refractivity contribution in [3.05, 3.63) is 24.1 Å². The number of halogens is 1. The van der Waals surface area contributed by atoms with E-state index in [1.54, 1.807) is 6.92 Å². The van der Waals surface area contributed by atoms with Gasteiger partial charge >= 0.3 is 0 Å². The molecular formula is C11H16FN3O. The predicted octanol–water partition coefficient (Wildman–Crippen LogP) is 1.53. The van der Waals surface area contributed by atoms with Crippen molar-refractivity contribution in [3.8, 4) is 0 Å². The number of carbonyl (C=O) groups excluding carboxylic acids is 1. The van der Waals surface area contributed by atoms with Gasteiger partial charge in [-0.05, 0) is 25.5 Å². The first-order chi connectivity index (χ1) is 7.51. The van der Waals surface area contributed by atoms with Gasteiger partial charge in [-0.15, -0.1) is 0 Å². The van der Waals surface area contributed by atoms with Crippen LogP contribution in [0.15, 0.2) is 18.2 Å². The number of anilines is 1. The minimum absolute atomic E-state index is 0.207. The van der Waals surface area contributed by atoms with Crippen LogP contribution in [0.2, 0.25) is 0 Å². The Morgan fingerprint density at radius 1 is 1.62 bits per heavy atom. The number of hydrogen-bond acceptors (Lipinski definition) is 3. The van der Waals surface area contributed by atoms with E-state index in [-0.39, 0.29) is 18.3 Å². The van der Waals surface area contributed by atoms with Gasteiger partial charge in [-0.2, -0.15) is 4.39 Å². The number of aromatic nitrogens is 1. The predicted molar refractivity (Wildman–Crippen MR) is 60.3 cm³/mol. The Kier molecular flexibility index (Phi) is 3.95. The summed E-state index contributed by atoms with van der Waals surface area (Å²) < 4.78 is 12.8. The maximum absolute atomic E-state index is 12.8. The van der Waals surface area contributed by atoms with E-state index in [9.17, 15) is 9.18 Å². The fourth-order valence-electron chi connectivity index (χ4n) is 1.14. The summed E-state index contributed by atoms with van der Waals surface area (Å²) in [6.45, 7) is 3.89. The Hall–Kier alpha value is -1.49. The first kappa shape index (κ1) is 12.6. The minimum Gasteiger partial charge on any atom is -0.329 e. The molecule has 1 unspecified atom stereocenters. The summed E-state index contributed by atoms with van der Waals surface area (Å²) in [5.74, 6) is -0.655. The number of rotatable bonds is 4. The van der Waals surface area contributed by atoms with Crippen molar-refractivity contribution in [2.75, 3.05) is 11.9 Å². The molecule has 5 heteroatoms. The molecule has 3 N–H and O–H groups in total. The Balaban J connectivity index is 2.78. The van der Waals surface area contributed by atoms with E-state index in [0.29, 0.717) is 6.42 Å². The SMILES string of the molecule is CCC(C)(CN)C(=O)Nc1cccc(F)n1. The fourth-order valence-corrected chi connectivity index (χ4v) is 1.14. The molecular weight excluding hydrogens is 209 g/mol. The van der Waals surface area contributed by atoms with E-state index in [1.165, 1.54) is 18.2 Å². The molecule has 0 aromatic carbocycles. The summed E-state index contributed by atoms with van der Waals surface area (Å²) in [4.78, 5) is 15.4. The monoisotopic (exact) mass is 225 g/mol. The molecule has 0 bridgehead atoms. The van der Waals surface area contributed by atoms with Gasteiger partial charge in [0, 0.05) is 6.54 Å². The van der Waals surface area contributed by atoms with Crippen molar-refractivity contribution < 1.29 is 9.18 Å². The van der Waals surface area contributed by atoms with E-state index < -0.39 is 11.4 Å². The molecule has 16 heavy (non-hydrogen) atoms. The highest BCUT2D eigenvalue weighted by Crippen LogP contribution is 2.21. The molecule has 88 valence electrons. The first-order valence-electron chi connectivity index (χ1n) is 5.16. The van der Waals surface area contributed by atoms with Crippen molar-refractivity contribution in [2.45, 2.75) is 20.3 Å². The normalized spacial score (nSPS) is 14.2. The Bertz CT molecular complexity index is 377. The summed E-state index contributed by atoms with van der Waals surface area (Å²) >= 11 is 0. The van der Waals surface area contributed by atoms with Crippen LogP contribution in [0.25, 0.3) is 0 Å². The van der Waals surface area contributed by atoms with Crippen LogP contribution in [0, 0.1) is 11.4 Å². The van der Waals surface area contributed by atoms with Gasteiger partial charge in [0.2, 0.25) is 11.9 Å². The molecule has 1 amide bonds. The van der Waals surface area contributed by atoms with Gasteiger partial charge in [0.25, 0.3) is 0 Å². The average molecular weight is 225 g/mol. The number of nitrogens with one attached hydrogen (secondary N) is 1. The van der Waals surface area contributed by atoms with Crippen molar-refractivity contribution in [3.63, 3.8) is 0 Å². The zero-order valence-corrected chi connectivity index (χ0v) is 9.46. The van der Waals surface area contributed by atoms with E-state index in [1.807, 2.05) is 6.92 Å². The summed E-state index contributed by atoms with van der Waals surface area (Å²) in [5, 5.41) is 2.56. The van der Waals surface area contributed by atoms with Crippen molar-refractivity contribution in [1.29, 1.82) is 0 Å². The molecule has 0 saturated heterocycles. The lowest BCUT2D eigenvalue weighted by Crippen LogP contribution is -2.39.